The zero-order valence-electron chi connectivity index (χ0n) is 18.7. The normalized spacial score (nSPS) is 11.8. The minimum Gasteiger partial charge on any atom is -0.493 e. The van der Waals surface area contributed by atoms with Gasteiger partial charge in [-0.25, -0.2) is 21.1 Å². The molecule has 0 aromatic heterocycles. The molecule has 2 aromatic carbocycles. The molecule has 2 aromatic rings. The third-order valence-electron chi connectivity index (χ3n) is 4.74. The fraction of sp³-hybridized carbons (Fsp3) is 0.350. The average molecular weight is 486 g/mol. The Morgan fingerprint density at radius 3 is 1.94 bits per heavy atom. The SMILES string of the molecule is COc1cc(C(=O)NCc2ccc(S(=O)(=O)N(C)C)cc2)c(N(C)S(C)(=O)=O)cc1OC. The van der Waals surface area contributed by atoms with Crippen molar-refractivity contribution in [2.45, 2.75) is 11.4 Å². The first kappa shape index (κ1) is 25.4. The molecule has 0 atom stereocenters. The number of carbonyl (C=O) groups is 1. The molecule has 176 valence electrons. The summed E-state index contributed by atoms with van der Waals surface area (Å²) >= 11 is 0. The number of rotatable bonds is 9. The molecule has 0 aliphatic heterocycles. The summed E-state index contributed by atoms with van der Waals surface area (Å²) in [6.07, 6.45) is 1.02. The average Bonchev–Trinajstić information content (AvgIpc) is 2.75. The highest BCUT2D eigenvalue weighted by atomic mass is 32.2. The van der Waals surface area contributed by atoms with Crippen LogP contribution in [0, 0.1) is 0 Å². The van der Waals surface area contributed by atoms with E-state index in [0.717, 1.165) is 14.9 Å². The van der Waals surface area contributed by atoms with Crippen LogP contribution in [0.4, 0.5) is 5.69 Å². The van der Waals surface area contributed by atoms with E-state index in [1.807, 2.05) is 0 Å². The summed E-state index contributed by atoms with van der Waals surface area (Å²) < 4.78 is 61.0. The molecule has 10 nitrogen and oxygen atoms in total. The molecule has 0 saturated heterocycles. The monoisotopic (exact) mass is 485 g/mol. The second-order valence-corrected chi connectivity index (χ2v) is 11.2. The van der Waals surface area contributed by atoms with Crippen molar-refractivity contribution in [2.75, 3.05) is 45.9 Å². The Labute approximate surface area is 188 Å². The number of methoxy groups -OCH3 is 2. The van der Waals surface area contributed by atoms with Crippen molar-refractivity contribution in [1.82, 2.24) is 9.62 Å². The molecule has 1 N–H and O–H groups in total. The van der Waals surface area contributed by atoms with Crippen molar-refractivity contribution in [2.24, 2.45) is 0 Å². The molecule has 0 bridgehead atoms. The maximum absolute atomic E-state index is 12.9. The van der Waals surface area contributed by atoms with Gasteiger partial charge in [0.15, 0.2) is 11.5 Å². The lowest BCUT2D eigenvalue weighted by molar-refractivity contribution is 0.0951. The number of nitrogens with zero attached hydrogens (tertiary/aromatic N) is 2. The van der Waals surface area contributed by atoms with Gasteiger partial charge in [-0.3, -0.25) is 9.10 Å². The number of ether oxygens (including phenoxy) is 2. The van der Waals surface area contributed by atoms with Gasteiger partial charge in [-0.05, 0) is 23.8 Å². The summed E-state index contributed by atoms with van der Waals surface area (Å²) in [5.74, 6) is -0.00442. The first-order chi connectivity index (χ1) is 14.8. The Bertz CT molecular complexity index is 1190. The molecule has 0 unspecified atom stereocenters. The number of anilines is 1. The number of hydrogen-bond donors (Lipinski definition) is 1. The van der Waals surface area contributed by atoms with Crippen molar-refractivity contribution in [3.05, 3.63) is 47.5 Å². The molecule has 0 aliphatic carbocycles. The summed E-state index contributed by atoms with van der Waals surface area (Å²) in [5.41, 5.74) is 0.854. The molecule has 1 amide bonds. The fourth-order valence-corrected chi connectivity index (χ4v) is 4.17. The van der Waals surface area contributed by atoms with Crippen LogP contribution in [-0.2, 0) is 26.6 Å². The third-order valence-corrected chi connectivity index (χ3v) is 7.76. The standard InChI is InChI=1S/C20H27N3O7S2/c1-22(2)32(27,28)15-9-7-14(8-10-15)13-21-20(24)16-11-18(29-4)19(30-5)12-17(16)23(3)31(6,25)26/h7-12H,13H2,1-6H3,(H,21,24). The predicted octanol–water partition coefficient (Wildman–Crippen LogP) is 1.28. The zero-order chi connectivity index (χ0) is 24.3. The first-order valence-corrected chi connectivity index (χ1v) is 12.6. The van der Waals surface area contributed by atoms with Crippen molar-refractivity contribution in [1.29, 1.82) is 0 Å². The Balaban J connectivity index is 2.33. The Morgan fingerprint density at radius 2 is 1.47 bits per heavy atom. The molecule has 2 rings (SSSR count). The van der Waals surface area contributed by atoms with E-state index in [0.29, 0.717) is 5.56 Å². The van der Waals surface area contributed by atoms with Gasteiger partial charge in [-0.1, -0.05) is 12.1 Å². The first-order valence-electron chi connectivity index (χ1n) is 9.32. The largest absolute Gasteiger partial charge is 0.493 e. The fourth-order valence-electron chi connectivity index (χ4n) is 2.76. The number of sulfonamides is 2. The predicted molar refractivity (Wildman–Crippen MR) is 121 cm³/mol. The molecule has 0 aliphatic rings. The van der Waals surface area contributed by atoms with E-state index in [9.17, 15) is 21.6 Å². The van der Waals surface area contributed by atoms with E-state index < -0.39 is 26.0 Å². The molecule has 0 radical (unpaired) electrons. The van der Waals surface area contributed by atoms with Gasteiger partial charge >= 0.3 is 0 Å². The van der Waals surface area contributed by atoms with Crippen molar-refractivity contribution in [3.8, 4) is 11.5 Å². The highest BCUT2D eigenvalue weighted by Crippen LogP contribution is 2.35. The lowest BCUT2D eigenvalue weighted by atomic mass is 10.1. The topological polar surface area (TPSA) is 122 Å². The van der Waals surface area contributed by atoms with E-state index >= 15 is 0 Å². The maximum atomic E-state index is 12.9. The summed E-state index contributed by atoms with van der Waals surface area (Å²) in [4.78, 5) is 13.1. The van der Waals surface area contributed by atoms with Crippen LogP contribution < -0.4 is 19.1 Å². The van der Waals surface area contributed by atoms with Crippen LogP contribution in [0.5, 0.6) is 11.5 Å². The summed E-state index contributed by atoms with van der Waals surface area (Å²) in [7, 11) is -0.182. The van der Waals surface area contributed by atoms with Gasteiger partial charge in [0, 0.05) is 33.8 Å². The summed E-state index contributed by atoms with van der Waals surface area (Å²) in [6, 6.07) is 8.91. The van der Waals surface area contributed by atoms with Gasteiger partial charge in [-0.2, -0.15) is 0 Å². The van der Waals surface area contributed by atoms with Gasteiger partial charge in [0.05, 0.1) is 36.6 Å². The van der Waals surface area contributed by atoms with Crippen LogP contribution >= 0.6 is 0 Å². The van der Waals surface area contributed by atoms with E-state index in [4.69, 9.17) is 9.47 Å². The van der Waals surface area contributed by atoms with Crippen LogP contribution in [-0.4, -0.2) is 68.7 Å². The van der Waals surface area contributed by atoms with Crippen LogP contribution in [0.1, 0.15) is 15.9 Å². The smallest absolute Gasteiger partial charge is 0.253 e. The van der Waals surface area contributed by atoms with E-state index in [2.05, 4.69) is 5.32 Å². The van der Waals surface area contributed by atoms with Crippen LogP contribution in [0.25, 0.3) is 0 Å². The zero-order valence-corrected chi connectivity index (χ0v) is 20.4. The Hall–Kier alpha value is -2.83. The van der Waals surface area contributed by atoms with Crippen LogP contribution in [0.3, 0.4) is 0 Å². The van der Waals surface area contributed by atoms with Crippen molar-refractivity contribution < 1.29 is 31.1 Å². The van der Waals surface area contributed by atoms with Gasteiger partial charge in [-0.15, -0.1) is 0 Å². The van der Waals surface area contributed by atoms with Gasteiger partial charge < -0.3 is 14.8 Å². The maximum Gasteiger partial charge on any atom is 0.253 e. The quantitative estimate of drug-likeness (QED) is 0.568. The number of amides is 1. The molecule has 0 saturated carbocycles. The molecular weight excluding hydrogens is 458 g/mol. The third kappa shape index (κ3) is 5.50. The molecule has 32 heavy (non-hydrogen) atoms. The van der Waals surface area contributed by atoms with E-state index in [1.165, 1.54) is 59.6 Å². The van der Waals surface area contributed by atoms with Gasteiger partial charge in [0.25, 0.3) is 5.91 Å². The number of nitrogens with one attached hydrogen (secondary N) is 1. The minimum absolute atomic E-state index is 0.0716. The lowest BCUT2D eigenvalue weighted by Gasteiger charge is -2.22. The second-order valence-electron chi connectivity index (χ2n) is 7.07. The molecular formula is C20H27N3O7S2. The highest BCUT2D eigenvalue weighted by molar-refractivity contribution is 7.92. The van der Waals surface area contributed by atoms with Gasteiger partial charge in [0.1, 0.15) is 0 Å². The summed E-state index contributed by atoms with van der Waals surface area (Å²) in [5, 5.41) is 2.72. The van der Waals surface area contributed by atoms with E-state index in [-0.39, 0.29) is 34.2 Å². The number of hydrogen-bond acceptors (Lipinski definition) is 7. The van der Waals surface area contributed by atoms with Crippen LogP contribution in [0.2, 0.25) is 0 Å². The minimum atomic E-state index is -3.65. The Morgan fingerprint density at radius 1 is 0.938 bits per heavy atom. The number of benzene rings is 2. The van der Waals surface area contributed by atoms with Gasteiger partial charge in [0.2, 0.25) is 20.0 Å². The van der Waals surface area contributed by atoms with Crippen molar-refractivity contribution >= 4 is 31.6 Å². The van der Waals surface area contributed by atoms with Crippen LogP contribution in [0.15, 0.2) is 41.3 Å². The summed E-state index contributed by atoms with van der Waals surface area (Å²) in [6.45, 7) is 0.0947. The second kappa shape index (κ2) is 9.76. The van der Waals surface area contributed by atoms with E-state index in [1.54, 1.807) is 12.1 Å². The molecule has 0 heterocycles. The molecule has 0 spiro atoms. The lowest BCUT2D eigenvalue weighted by Crippen LogP contribution is -2.30. The molecule has 12 heteroatoms. The highest BCUT2D eigenvalue weighted by Gasteiger charge is 2.23. The molecule has 0 fully saturated rings. The number of carbonyl (C=O) groups excluding carboxylic acids is 1. The Kier molecular flexibility index (Phi) is 7.75. The van der Waals surface area contributed by atoms with Crippen molar-refractivity contribution in [3.63, 3.8) is 0 Å².